The summed E-state index contributed by atoms with van der Waals surface area (Å²) in [7, 11) is 0. The van der Waals surface area contributed by atoms with Crippen LogP contribution in [-0.4, -0.2) is 20.3 Å². The normalized spacial score (nSPS) is 10.8. The van der Waals surface area contributed by atoms with Gasteiger partial charge in [-0.2, -0.15) is 0 Å². The highest BCUT2D eigenvalue weighted by Gasteiger charge is 2.12. The second-order valence-corrected chi connectivity index (χ2v) is 7.95. The van der Waals surface area contributed by atoms with E-state index >= 15 is 0 Å². The molecule has 33 heavy (non-hydrogen) atoms. The summed E-state index contributed by atoms with van der Waals surface area (Å²) in [5.41, 5.74) is 5.35. The average Bonchev–Trinajstić information content (AvgIpc) is 3.52. The number of nitrogens with zero attached hydrogens (tertiary/aromatic N) is 3. The summed E-state index contributed by atoms with van der Waals surface area (Å²) in [4.78, 5) is 21.6. The molecule has 0 aliphatic rings. The number of amides is 1. The molecular formula is C25H20N4O3S. The summed E-state index contributed by atoms with van der Waals surface area (Å²) >= 11 is 1.51. The van der Waals surface area contributed by atoms with Crippen LogP contribution in [0.25, 0.3) is 5.65 Å². The van der Waals surface area contributed by atoms with Crippen molar-refractivity contribution in [3.8, 4) is 11.5 Å². The number of para-hydroxylation sites is 2. The predicted octanol–water partition coefficient (Wildman–Crippen LogP) is 5.20. The van der Waals surface area contributed by atoms with Crippen molar-refractivity contribution in [3.63, 3.8) is 0 Å². The largest absolute Gasteiger partial charge is 0.487 e. The van der Waals surface area contributed by atoms with Crippen LogP contribution in [0, 0.1) is 0 Å². The van der Waals surface area contributed by atoms with E-state index in [1.165, 1.54) is 11.3 Å². The first-order chi connectivity index (χ1) is 16.2. The first kappa shape index (κ1) is 20.7. The highest BCUT2D eigenvalue weighted by molar-refractivity contribution is 7.07. The molecule has 0 atom stereocenters. The van der Waals surface area contributed by atoms with E-state index in [2.05, 4.69) is 15.3 Å². The van der Waals surface area contributed by atoms with Gasteiger partial charge in [0.1, 0.15) is 30.4 Å². The number of benzene rings is 2. The third-order valence-corrected chi connectivity index (χ3v) is 5.53. The quantitative estimate of drug-likeness (QED) is 0.347. The van der Waals surface area contributed by atoms with Crippen molar-refractivity contribution >= 4 is 28.6 Å². The topological polar surface area (TPSA) is 77.8 Å². The van der Waals surface area contributed by atoms with Gasteiger partial charge >= 0.3 is 0 Å². The molecule has 0 spiro atoms. The number of carbonyl (C=O) groups is 1. The van der Waals surface area contributed by atoms with Gasteiger partial charge in [0.15, 0.2) is 0 Å². The highest BCUT2D eigenvalue weighted by Crippen LogP contribution is 2.26. The Hall–Kier alpha value is -4.17. The molecule has 164 valence electrons. The van der Waals surface area contributed by atoms with Crippen LogP contribution in [0.3, 0.4) is 0 Å². The fraction of sp³-hybridized carbons (Fsp3) is 0.0800. The van der Waals surface area contributed by atoms with Crippen molar-refractivity contribution in [3.05, 3.63) is 107 Å². The Balaban J connectivity index is 1.24. The lowest BCUT2D eigenvalue weighted by Crippen LogP contribution is -2.13. The number of anilines is 1. The molecule has 0 aliphatic carbocycles. The van der Waals surface area contributed by atoms with E-state index in [-0.39, 0.29) is 5.91 Å². The molecular weight excluding hydrogens is 436 g/mol. The van der Waals surface area contributed by atoms with Gasteiger partial charge in [-0.1, -0.05) is 24.3 Å². The van der Waals surface area contributed by atoms with Crippen molar-refractivity contribution < 1.29 is 14.3 Å². The second kappa shape index (κ2) is 9.54. The molecule has 2 aromatic carbocycles. The number of hydrogen-bond donors (Lipinski definition) is 1. The lowest BCUT2D eigenvalue weighted by molar-refractivity contribution is 0.102. The zero-order valence-electron chi connectivity index (χ0n) is 17.5. The van der Waals surface area contributed by atoms with Crippen molar-refractivity contribution in [2.45, 2.75) is 13.2 Å². The average molecular weight is 457 g/mol. The van der Waals surface area contributed by atoms with E-state index < -0.39 is 0 Å². The van der Waals surface area contributed by atoms with Crippen LogP contribution in [-0.2, 0) is 13.2 Å². The lowest BCUT2D eigenvalue weighted by Gasteiger charge is -2.12. The number of ether oxygens (including phenoxy) is 2. The summed E-state index contributed by atoms with van der Waals surface area (Å²) in [6.07, 6.45) is 3.86. The minimum absolute atomic E-state index is 0.252. The van der Waals surface area contributed by atoms with Gasteiger partial charge < -0.3 is 19.2 Å². The Morgan fingerprint density at radius 3 is 2.73 bits per heavy atom. The molecule has 3 aromatic heterocycles. The zero-order chi connectivity index (χ0) is 22.5. The number of nitrogens with one attached hydrogen (secondary N) is 1. The number of thiazole rings is 1. The first-order valence-electron chi connectivity index (χ1n) is 10.3. The smallest absolute Gasteiger partial charge is 0.255 e. The van der Waals surface area contributed by atoms with E-state index in [0.717, 1.165) is 17.0 Å². The number of fused-ring (bicyclic) bond motifs is 1. The predicted molar refractivity (Wildman–Crippen MR) is 127 cm³/mol. The van der Waals surface area contributed by atoms with Gasteiger partial charge in [0.2, 0.25) is 0 Å². The Labute approximate surface area is 194 Å². The molecule has 0 radical (unpaired) electrons. The minimum atomic E-state index is -0.252. The van der Waals surface area contributed by atoms with Gasteiger partial charge in [-0.25, -0.2) is 9.97 Å². The number of imidazole rings is 1. The van der Waals surface area contributed by atoms with Crippen LogP contribution in [0.15, 0.2) is 90.0 Å². The van der Waals surface area contributed by atoms with E-state index in [1.54, 1.807) is 29.8 Å². The summed E-state index contributed by atoms with van der Waals surface area (Å²) in [5.74, 6) is 0.920. The molecule has 0 aliphatic heterocycles. The Morgan fingerprint density at radius 2 is 1.85 bits per heavy atom. The van der Waals surface area contributed by atoms with Crippen LogP contribution in [0.1, 0.15) is 21.7 Å². The molecule has 3 heterocycles. The van der Waals surface area contributed by atoms with Gasteiger partial charge in [-0.05, 0) is 42.5 Å². The summed E-state index contributed by atoms with van der Waals surface area (Å²) in [5, 5.41) is 4.85. The molecule has 1 amide bonds. The number of pyridine rings is 1. The molecule has 0 unspecified atom stereocenters. The molecule has 5 aromatic rings. The molecule has 0 fully saturated rings. The third-order valence-electron chi connectivity index (χ3n) is 4.89. The van der Waals surface area contributed by atoms with E-state index in [9.17, 15) is 4.79 Å². The van der Waals surface area contributed by atoms with Crippen LogP contribution in [0.2, 0.25) is 0 Å². The highest BCUT2D eigenvalue weighted by atomic mass is 32.1. The zero-order valence-corrected chi connectivity index (χ0v) is 18.4. The van der Waals surface area contributed by atoms with E-state index in [1.807, 2.05) is 64.6 Å². The molecule has 0 saturated carbocycles. The number of carbonyl (C=O) groups excluding carboxylic acids is 1. The SMILES string of the molecule is O=C(Nc1ccccc1OCc1cscn1)c1cccc(OCc2cn3ccccc3n2)c1. The molecule has 7 nitrogen and oxygen atoms in total. The van der Waals surface area contributed by atoms with E-state index in [4.69, 9.17) is 9.47 Å². The van der Waals surface area contributed by atoms with Gasteiger partial charge in [0.05, 0.1) is 22.6 Å². The summed E-state index contributed by atoms with van der Waals surface area (Å²) < 4.78 is 13.7. The van der Waals surface area contributed by atoms with Crippen LogP contribution in [0.5, 0.6) is 11.5 Å². The summed E-state index contributed by atoms with van der Waals surface area (Å²) in [6.45, 7) is 0.642. The van der Waals surface area contributed by atoms with E-state index in [0.29, 0.717) is 36.0 Å². The van der Waals surface area contributed by atoms with Gasteiger partial charge in [-0.3, -0.25) is 4.79 Å². The molecule has 8 heteroatoms. The minimum Gasteiger partial charge on any atom is -0.487 e. The van der Waals surface area contributed by atoms with Crippen molar-refractivity contribution in [1.29, 1.82) is 0 Å². The van der Waals surface area contributed by atoms with Gasteiger partial charge in [-0.15, -0.1) is 11.3 Å². The Bertz CT molecular complexity index is 1350. The maximum atomic E-state index is 12.9. The fourth-order valence-electron chi connectivity index (χ4n) is 3.29. The van der Waals surface area contributed by atoms with Crippen LogP contribution in [0.4, 0.5) is 5.69 Å². The maximum Gasteiger partial charge on any atom is 0.255 e. The molecule has 5 rings (SSSR count). The summed E-state index contributed by atoms with van der Waals surface area (Å²) in [6, 6.07) is 20.2. The Morgan fingerprint density at radius 1 is 0.970 bits per heavy atom. The number of hydrogen-bond acceptors (Lipinski definition) is 6. The third kappa shape index (κ3) is 5.02. The molecule has 1 N–H and O–H groups in total. The first-order valence-corrected chi connectivity index (χ1v) is 11.2. The molecule has 0 saturated heterocycles. The van der Waals surface area contributed by atoms with Crippen molar-refractivity contribution in [2.24, 2.45) is 0 Å². The Kier molecular flexibility index (Phi) is 5.99. The number of aromatic nitrogens is 3. The van der Waals surface area contributed by atoms with Crippen LogP contribution < -0.4 is 14.8 Å². The second-order valence-electron chi connectivity index (χ2n) is 7.23. The van der Waals surface area contributed by atoms with Crippen LogP contribution >= 0.6 is 11.3 Å². The number of rotatable bonds is 8. The van der Waals surface area contributed by atoms with Gasteiger partial charge in [0.25, 0.3) is 5.91 Å². The molecule has 0 bridgehead atoms. The fourth-order valence-corrected chi connectivity index (χ4v) is 3.83. The van der Waals surface area contributed by atoms with Crippen molar-refractivity contribution in [2.75, 3.05) is 5.32 Å². The maximum absolute atomic E-state index is 12.9. The monoisotopic (exact) mass is 456 g/mol. The van der Waals surface area contributed by atoms with Crippen molar-refractivity contribution in [1.82, 2.24) is 14.4 Å². The standard InChI is InChI=1S/C25H20N4O3S/c30-25(28-22-8-1-2-9-23(22)32-15-20-16-33-17-26-20)18-6-5-7-21(12-18)31-14-19-13-29-11-4-3-10-24(29)27-19/h1-13,16-17H,14-15H2,(H,28,30). The lowest BCUT2D eigenvalue weighted by atomic mass is 10.2. The van der Waals surface area contributed by atoms with Gasteiger partial charge in [0, 0.05) is 23.3 Å².